The van der Waals surface area contributed by atoms with Crippen molar-refractivity contribution in [3.63, 3.8) is 0 Å². The van der Waals surface area contributed by atoms with Gasteiger partial charge in [-0.2, -0.15) is 0 Å². The summed E-state index contributed by atoms with van der Waals surface area (Å²) in [6, 6.07) is 7.48. The topological polar surface area (TPSA) is 49.5 Å². The highest BCUT2D eigenvalue weighted by atomic mass is 35.5. The fourth-order valence-corrected chi connectivity index (χ4v) is 2.59. The van der Waals surface area contributed by atoms with E-state index in [4.69, 9.17) is 21.1 Å². The molecule has 0 spiro atoms. The van der Waals surface area contributed by atoms with Crippen LogP contribution in [0.1, 0.15) is 18.5 Å². The summed E-state index contributed by atoms with van der Waals surface area (Å²) in [5, 5.41) is 9.83. The normalized spacial score (nSPS) is 14.8. The van der Waals surface area contributed by atoms with Crippen molar-refractivity contribution in [3.8, 4) is 11.5 Å². The molecule has 5 heteroatoms. The highest BCUT2D eigenvalue weighted by molar-refractivity contribution is 6.30. The molecule has 112 valence electrons. The smallest absolute Gasteiger partial charge is 0.226 e. The SMILES string of the molecule is OCCN(Cc1coc(-c2cccc(Cl)c2)n1)CC1CC1. The van der Waals surface area contributed by atoms with Crippen LogP contribution in [0.4, 0.5) is 0 Å². The lowest BCUT2D eigenvalue weighted by Gasteiger charge is -2.19. The summed E-state index contributed by atoms with van der Waals surface area (Å²) in [5.41, 5.74) is 1.77. The summed E-state index contributed by atoms with van der Waals surface area (Å²) in [6.45, 7) is 2.59. The highest BCUT2D eigenvalue weighted by Gasteiger charge is 2.24. The minimum Gasteiger partial charge on any atom is -0.444 e. The molecule has 1 saturated carbocycles. The van der Waals surface area contributed by atoms with Crippen LogP contribution in [0.5, 0.6) is 0 Å². The van der Waals surface area contributed by atoms with Gasteiger partial charge in [0.15, 0.2) is 0 Å². The largest absolute Gasteiger partial charge is 0.444 e. The van der Waals surface area contributed by atoms with Crippen molar-refractivity contribution in [2.45, 2.75) is 19.4 Å². The number of rotatable bonds is 7. The van der Waals surface area contributed by atoms with Crippen molar-refractivity contribution in [2.75, 3.05) is 19.7 Å². The quantitative estimate of drug-likeness (QED) is 0.853. The average molecular weight is 307 g/mol. The fourth-order valence-electron chi connectivity index (χ4n) is 2.40. The van der Waals surface area contributed by atoms with Gasteiger partial charge < -0.3 is 9.52 Å². The third kappa shape index (κ3) is 4.06. The first-order valence-corrected chi connectivity index (χ1v) is 7.66. The molecule has 0 saturated heterocycles. The van der Waals surface area contributed by atoms with E-state index in [1.165, 1.54) is 12.8 Å². The number of hydrogen-bond acceptors (Lipinski definition) is 4. The molecule has 0 aliphatic heterocycles. The molecule has 0 unspecified atom stereocenters. The van der Waals surface area contributed by atoms with Crippen molar-refractivity contribution in [2.24, 2.45) is 5.92 Å². The van der Waals surface area contributed by atoms with E-state index in [0.717, 1.165) is 23.7 Å². The van der Waals surface area contributed by atoms with Crippen LogP contribution < -0.4 is 0 Å². The first-order valence-electron chi connectivity index (χ1n) is 7.28. The first kappa shape index (κ1) is 14.6. The van der Waals surface area contributed by atoms with Crippen LogP contribution in [0.3, 0.4) is 0 Å². The van der Waals surface area contributed by atoms with Gasteiger partial charge in [-0.3, -0.25) is 4.90 Å². The Morgan fingerprint density at radius 1 is 1.38 bits per heavy atom. The molecule has 4 nitrogen and oxygen atoms in total. The summed E-state index contributed by atoms with van der Waals surface area (Å²) < 4.78 is 5.55. The lowest BCUT2D eigenvalue weighted by molar-refractivity contribution is 0.183. The molecule has 21 heavy (non-hydrogen) atoms. The Labute approximate surface area is 129 Å². The molecule has 0 atom stereocenters. The number of benzene rings is 1. The van der Waals surface area contributed by atoms with Gasteiger partial charge in [0.1, 0.15) is 6.26 Å². The van der Waals surface area contributed by atoms with E-state index in [2.05, 4.69) is 9.88 Å². The monoisotopic (exact) mass is 306 g/mol. The second kappa shape index (κ2) is 6.60. The number of aliphatic hydroxyl groups excluding tert-OH is 1. The molecule has 1 N–H and O–H groups in total. The van der Waals surface area contributed by atoms with Gasteiger partial charge in [-0.15, -0.1) is 0 Å². The zero-order chi connectivity index (χ0) is 14.7. The Bertz CT molecular complexity index is 595. The van der Waals surface area contributed by atoms with Crippen LogP contribution in [0.15, 0.2) is 34.9 Å². The maximum atomic E-state index is 9.16. The Morgan fingerprint density at radius 2 is 2.24 bits per heavy atom. The highest BCUT2D eigenvalue weighted by Crippen LogP contribution is 2.30. The van der Waals surface area contributed by atoms with E-state index >= 15 is 0 Å². The summed E-state index contributed by atoms with van der Waals surface area (Å²) in [7, 11) is 0. The summed E-state index contributed by atoms with van der Waals surface area (Å²) in [5.74, 6) is 1.37. The maximum absolute atomic E-state index is 9.16. The average Bonchev–Trinajstić information content (AvgIpc) is 3.15. The fraction of sp³-hybridized carbons (Fsp3) is 0.438. The molecular weight excluding hydrogens is 288 g/mol. The van der Waals surface area contributed by atoms with Crippen molar-refractivity contribution in [3.05, 3.63) is 41.2 Å². The number of oxazole rings is 1. The van der Waals surface area contributed by atoms with Gasteiger partial charge in [-0.25, -0.2) is 4.98 Å². The van der Waals surface area contributed by atoms with E-state index in [0.29, 0.717) is 24.0 Å². The van der Waals surface area contributed by atoms with Gasteiger partial charge in [0.2, 0.25) is 5.89 Å². The predicted molar refractivity (Wildman–Crippen MR) is 82.0 cm³/mol. The van der Waals surface area contributed by atoms with E-state index in [1.807, 2.05) is 24.3 Å². The Kier molecular flexibility index (Phi) is 4.58. The zero-order valence-corrected chi connectivity index (χ0v) is 12.6. The first-order chi connectivity index (χ1) is 10.2. The molecule has 0 bridgehead atoms. The van der Waals surface area contributed by atoms with Gasteiger partial charge in [-0.1, -0.05) is 17.7 Å². The van der Waals surface area contributed by atoms with Crippen molar-refractivity contribution in [1.29, 1.82) is 0 Å². The van der Waals surface area contributed by atoms with E-state index in [1.54, 1.807) is 6.26 Å². The molecule has 2 aromatic rings. The molecule has 1 fully saturated rings. The van der Waals surface area contributed by atoms with Gasteiger partial charge in [0.25, 0.3) is 0 Å². The van der Waals surface area contributed by atoms with Crippen LogP contribution in [0, 0.1) is 5.92 Å². The van der Waals surface area contributed by atoms with E-state index in [9.17, 15) is 0 Å². The molecule has 1 aromatic heterocycles. The van der Waals surface area contributed by atoms with Crippen molar-refractivity contribution in [1.82, 2.24) is 9.88 Å². The van der Waals surface area contributed by atoms with Gasteiger partial charge in [-0.05, 0) is 37.0 Å². The van der Waals surface area contributed by atoms with Crippen LogP contribution in [0.25, 0.3) is 11.5 Å². The maximum Gasteiger partial charge on any atom is 0.226 e. The molecule has 0 amide bonds. The molecule has 1 aliphatic rings. The van der Waals surface area contributed by atoms with Gasteiger partial charge >= 0.3 is 0 Å². The number of hydrogen-bond donors (Lipinski definition) is 1. The molecule has 1 heterocycles. The third-order valence-corrected chi connectivity index (χ3v) is 3.87. The third-order valence-electron chi connectivity index (χ3n) is 3.64. The molecule has 1 aromatic carbocycles. The number of aromatic nitrogens is 1. The summed E-state index contributed by atoms with van der Waals surface area (Å²) in [4.78, 5) is 6.76. The lowest BCUT2D eigenvalue weighted by atomic mass is 10.2. The number of halogens is 1. The van der Waals surface area contributed by atoms with Crippen molar-refractivity contribution >= 4 is 11.6 Å². The van der Waals surface area contributed by atoms with E-state index < -0.39 is 0 Å². The number of nitrogens with zero attached hydrogens (tertiary/aromatic N) is 2. The Morgan fingerprint density at radius 3 is 2.95 bits per heavy atom. The summed E-state index contributed by atoms with van der Waals surface area (Å²) in [6.07, 6.45) is 4.29. The number of aliphatic hydroxyl groups is 1. The molecule has 3 rings (SSSR count). The standard InChI is InChI=1S/C16H19ClN2O2/c17-14-3-1-2-13(8-14)16-18-15(11-21-16)10-19(6-7-20)9-12-4-5-12/h1-3,8,11-12,20H,4-7,9-10H2. The minimum absolute atomic E-state index is 0.172. The van der Waals surface area contributed by atoms with Crippen LogP contribution in [-0.2, 0) is 6.54 Å². The zero-order valence-electron chi connectivity index (χ0n) is 11.8. The lowest BCUT2D eigenvalue weighted by Crippen LogP contribution is -2.28. The molecule has 1 aliphatic carbocycles. The predicted octanol–water partition coefficient (Wildman–Crippen LogP) is 3.20. The van der Waals surface area contributed by atoms with Gasteiger partial charge in [0.05, 0.1) is 12.3 Å². The second-order valence-corrected chi connectivity index (χ2v) is 5.99. The minimum atomic E-state index is 0.172. The van der Waals surface area contributed by atoms with Crippen LogP contribution in [0.2, 0.25) is 5.02 Å². The van der Waals surface area contributed by atoms with Crippen LogP contribution in [-0.4, -0.2) is 34.7 Å². The van der Waals surface area contributed by atoms with Crippen molar-refractivity contribution < 1.29 is 9.52 Å². The second-order valence-electron chi connectivity index (χ2n) is 5.56. The Balaban J connectivity index is 1.68. The summed E-state index contributed by atoms with van der Waals surface area (Å²) >= 11 is 5.99. The van der Waals surface area contributed by atoms with E-state index in [-0.39, 0.29) is 6.61 Å². The van der Waals surface area contributed by atoms with Crippen LogP contribution >= 0.6 is 11.6 Å². The Hall–Kier alpha value is -1.36. The van der Waals surface area contributed by atoms with Gasteiger partial charge in [0, 0.05) is 30.2 Å². The molecule has 0 radical (unpaired) electrons. The molecular formula is C16H19ClN2O2.